The van der Waals surface area contributed by atoms with Gasteiger partial charge in [0.2, 0.25) is 0 Å². The number of hydrogen-bond donors (Lipinski definition) is 1. The zero-order chi connectivity index (χ0) is 12.4. The molecule has 0 aromatic heterocycles. The van der Waals surface area contributed by atoms with E-state index >= 15 is 0 Å². The summed E-state index contributed by atoms with van der Waals surface area (Å²) in [5.41, 5.74) is 1.75. The minimum atomic E-state index is -0.358. The van der Waals surface area contributed by atoms with Gasteiger partial charge in [0, 0.05) is 23.5 Å². The van der Waals surface area contributed by atoms with Crippen LogP contribution in [0.1, 0.15) is 22.3 Å². The average Bonchev–Trinajstić information content (AvgIpc) is 2.76. The van der Waals surface area contributed by atoms with Crippen molar-refractivity contribution in [2.75, 3.05) is 19.3 Å². The Morgan fingerprint density at radius 1 is 1.53 bits per heavy atom. The number of rotatable bonds is 2. The highest BCUT2D eigenvalue weighted by Crippen LogP contribution is 2.22. The number of nitrogens with zero attached hydrogens (tertiary/aromatic N) is 1. The molecular weight excluding hydrogens is 234 g/mol. The monoisotopic (exact) mass is 251 g/mol. The van der Waals surface area contributed by atoms with Crippen LogP contribution < -0.4 is 0 Å². The van der Waals surface area contributed by atoms with Crippen molar-refractivity contribution in [3.05, 3.63) is 29.3 Å². The van der Waals surface area contributed by atoms with Gasteiger partial charge >= 0.3 is 0 Å². The number of thioether (sulfide) groups is 1. The number of aliphatic hydroxyl groups is 1. The van der Waals surface area contributed by atoms with Gasteiger partial charge in [-0.2, -0.15) is 0 Å². The van der Waals surface area contributed by atoms with E-state index in [2.05, 4.69) is 0 Å². The summed E-state index contributed by atoms with van der Waals surface area (Å²) in [7, 11) is 0. The third-order valence-corrected chi connectivity index (χ3v) is 3.85. The molecule has 1 aliphatic rings. The molecule has 1 aliphatic heterocycles. The van der Waals surface area contributed by atoms with Crippen LogP contribution in [0.4, 0.5) is 0 Å². The minimum absolute atomic E-state index is 0.0370. The first-order chi connectivity index (χ1) is 8.11. The lowest BCUT2D eigenvalue weighted by Gasteiger charge is -2.17. The predicted molar refractivity (Wildman–Crippen MR) is 69.5 cm³/mol. The van der Waals surface area contributed by atoms with E-state index in [4.69, 9.17) is 0 Å². The summed E-state index contributed by atoms with van der Waals surface area (Å²) in [6, 6.07) is 5.94. The van der Waals surface area contributed by atoms with Crippen molar-refractivity contribution in [3.63, 3.8) is 0 Å². The van der Waals surface area contributed by atoms with E-state index < -0.39 is 0 Å². The largest absolute Gasteiger partial charge is 0.391 e. The summed E-state index contributed by atoms with van der Waals surface area (Å²) in [6.45, 7) is 3.06. The van der Waals surface area contributed by atoms with Crippen LogP contribution in [-0.4, -0.2) is 41.4 Å². The molecule has 0 unspecified atom stereocenters. The third-order valence-electron chi connectivity index (χ3n) is 3.13. The summed E-state index contributed by atoms with van der Waals surface area (Å²) >= 11 is 1.63. The highest BCUT2D eigenvalue weighted by Gasteiger charge is 2.26. The lowest BCUT2D eigenvalue weighted by atomic mass is 10.1. The molecule has 0 saturated carbocycles. The van der Waals surface area contributed by atoms with Crippen LogP contribution in [0.15, 0.2) is 23.1 Å². The van der Waals surface area contributed by atoms with Gasteiger partial charge < -0.3 is 10.0 Å². The molecule has 4 heteroatoms. The molecule has 1 fully saturated rings. The number of aliphatic hydroxyl groups excluding tert-OH is 1. The van der Waals surface area contributed by atoms with Crippen LogP contribution in [0.5, 0.6) is 0 Å². The van der Waals surface area contributed by atoms with Gasteiger partial charge in [-0.25, -0.2) is 0 Å². The van der Waals surface area contributed by atoms with Crippen molar-refractivity contribution in [1.82, 2.24) is 4.90 Å². The number of carbonyl (C=O) groups is 1. The molecule has 1 aromatic carbocycles. The number of benzene rings is 1. The Bertz CT molecular complexity index is 433. The van der Waals surface area contributed by atoms with E-state index in [9.17, 15) is 9.90 Å². The summed E-state index contributed by atoms with van der Waals surface area (Å²) in [6.07, 6.45) is 2.33. The Morgan fingerprint density at radius 3 is 2.88 bits per heavy atom. The molecule has 2 rings (SSSR count). The molecule has 1 heterocycles. The molecule has 3 nitrogen and oxygen atoms in total. The highest BCUT2D eigenvalue weighted by atomic mass is 32.2. The first kappa shape index (κ1) is 12.5. The van der Waals surface area contributed by atoms with Gasteiger partial charge in [0.15, 0.2) is 0 Å². The molecule has 0 bridgehead atoms. The van der Waals surface area contributed by atoms with E-state index in [1.165, 1.54) is 0 Å². The maximum Gasteiger partial charge on any atom is 0.254 e. The second-order valence-corrected chi connectivity index (χ2v) is 5.25. The van der Waals surface area contributed by atoms with E-state index in [-0.39, 0.29) is 12.0 Å². The van der Waals surface area contributed by atoms with Crippen LogP contribution in [0.2, 0.25) is 0 Å². The molecule has 92 valence electrons. The van der Waals surface area contributed by atoms with Crippen LogP contribution in [-0.2, 0) is 0 Å². The molecule has 1 saturated heterocycles. The summed E-state index contributed by atoms with van der Waals surface area (Å²) in [5.74, 6) is 0.0370. The number of carbonyl (C=O) groups excluding carboxylic acids is 1. The van der Waals surface area contributed by atoms with Crippen LogP contribution in [0.25, 0.3) is 0 Å². The quantitative estimate of drug-likeness (QED) is 0.816. The molecule has 1 amide bonds. The van der Waals surface area contributed by atoms with Crippen LogP contribution in [0.3, 0.4) is 0 Å². The van der Waals surface area contributed by atoms with Crippen molar-refractivity contribution in [3.8, 4) is 0 Å². The summed E-state index contributed by atoms with van der Waals surface area (Å²) in [5, 5.41) is 9.47. The number of amides is 1. The van der Waals surface area contributed by atoms with Crippen molar-refractivity contribution in [1.29, 1.82) is 0 Å². The zero-order valence-electron chi connectivity index (χ0n) is 10.1. The predicted octanol–water partition coefficient (Wildman–Crippen LogP) is 1.92. The van der Waals surface area contributed by atoms with E-state index in [0.29, 0.717) is 19.5 Å². The first-order valence-electron chi connectivity index (χ1n) is 5.74. The Morgan fingerprint density at radius 2 is 2.29 bits per heavy atom. The number of hydrogen-bond acceptors (Lipinski definition) is 3. The highest BCUT2D eigenvalue weighted by molar-refractivity contribution is 7.98. The smallest absolute Gasteiger partial charge is 0.254 e. The molecule has 1 N–H and O–H groups in total. The van der Waals surface area contributed by atoms with Crippen molar-refractivity contribution in [2.24, 2.45) is 0 Å². The maximum absolute atomic E-state index is 12.3. The molecule has 0 radical (unpaired) electrons. The van der Waals surface area contributed by atoms with Gasteiger partial charge in [-0.05, 0) is 37.3 Å². The van der Waals surface area contributed by atoms with E-state index in [0.717, 1.165) is 16.0 Å². The summed E-state index contributed by atoms with van der Waals surface area (Å²) in [4.78, 5) is 15.1. The standard InChI is InChI=1S/C13H17NO2S/c1-9-3-4-11(17-2)7-12(9)13(16)14-6-5-10(15)8-14/h3-4,7,10,15H,5-6,8H2,1-2H3/t10-/m0/s1. The molecule has 0 spiro atoms. The lowest BCUT2D eigenvalue weighted by molar-refractivity contribution is 0.0764. The average molecular weight is 251 g/mol. The lowest BCUT2D eigenvalue weighted by Crippen LogP contribution is -2.30. The fourth-order valence-corrected chi connectivity index (χ4v) is 2.49. The van der Waals surface area contributed by atoms with Gasteiger partial charge in [-0.3, -0.25) is 4.79 Å². The fourth-order valence-electron chi connectivity index (χ4n) is 2.06. The second kappa shape index (κ2) is 5.10. The van der Waals surface area contributed by atoms with Gasteiger partial charge in [0.25, 0.3) is 5.91 Å². The second-order valence-electron chi connectivity index (χ2n) is 4.37. The molecule has 17 heavy (non-hydrogen) atoms. The first-order valence-corrected chi connectivity index (χ1v) is 6.96. The Kier molecular flexibility index (Phi) is 3.74. The van der Waals surface area contributed by atoms with Crippen LogP contribution >= 0.6 is 11.8 Å². The minimum Gasteiger partial charge on any atom is -0.391 e. The van der Waals surface area contributed by atoms with Crippen molar-refractivity contribution >= 4 is 17.7 Å². The van der Waals surface area contributed by atoms with Gasteiger partial charge in [0.1, 0.15) is 0 Å². The Hall–Kier alpha value is -1.00. The Balaban J connectivity index is 2.24. The van der Waals surface area contributed by atoms with Crippen molar-refractivity contribution < 1.29 is 9.90 Å². The molecule has 1 aromatic rings. The van der Waals surface area contributed by atoms with Crippen LogP contribution in [0, 0.1) is 6.92 Å². The molecular formula is C13H17NO2S. The normalized spacial score (nSPS) is 19.7. The topological polar surface area (TPSA) is 40.5 Å². The number of β-amino-alcohol motifs (C(OH)–C–C–N with tert-alkyl or cyclic N) is 1. The zero-order valence-corrected chi connectivity index (χ0v) is 11.0. The van der Waals surface area contributed by atoms with E-state index in [1.54, 1.807) is 16.7 Å². The van der Waals surface area contributed by atoms with Gasteiger partial charge in [0.05, 0.1) is 6.10 Å². The molecule has 1 atom stereocenters. The third kappa shape index (κ3) is 2.64. The fraction of sp³-hybridized carbons (Fsp3) is 0.462. The Labute approximate surface area is 106 Å². The number of likely N-dealkylation sites (tertiary alicyclic amines) is 1. The molecule has 0 aliphatic carbocycles. The van der Waals surface area contributed by atoms with Gasteiger partial charge in [-0.15, -0.1) is 11.8 Å². The maximum atomic E-state index is 12.3. The van der Waals surface area contributed by atoms with E-state index in [1.807, 2.05) is 31.4 Å². The summed E-state index contributed by atoms with van der Waals surface area (Å²) < 4.78 is 0. The SMILES string of the molecule is CSc1ccc(C)c(C(=O)N2CC[C@H](O)C2)c1. The van der Waals surface area contributed by atoms with Gasteiger partial charge in [-0.1, -0.05) is 6.07 Å². The number of aryl methyl sites for hydroxylation is 1. The van der Waals surface area contributed by atoms with Crippen molar-refractivity contribution in [2.45, 2.75) is 24.3 Å².